The van der Waals surface area contributed by atoms with Crippen molar-refractivity contribution in [3.63, 3.8) is 0 Å². The summed E-state index contributed by atoms with van der Waals surface area (Å²) in [5.74, 6) is 0.405. The molecule has 1 nitrogen and oxygen atoms in total. The Labute approximate surface area is 84.5 Å². The molecule has 1 aliphatic rings. The van der Waals surface area contributed by atoms with Gasteiger partial charge in [-0.15, -0.1) is 0 Å². The van der Waals surface area contributed by atoms with Gasteiger partial charge in [-0.1, -0.05) is 44.2 Å². The van der Waals surface area contributed by atoms with E-state index in [1.807, 2.05) is 24.3 Å². The van der Waals surface area contributed by atoms with Crippen LogP contribution in [-0.4, -0.2) is 5.78 Å². The lowest BCUT2D eigenvalue weighted by Crippen LogP contribution is -1.97. The van der Waals surface area contributed by atoms with Crippen molar-refractivity contribution in [3.8, 4) is 0 Å². The Kier molecular flexibility index (Phi) is 2.24. The zero-order valence-electron chi connectivity index (χ0n) is 8.42. The van der Waals surface area contributed by atoms with Gasteiger partial charge in [0, 0.05) is 17.1 Å². The number of carbonyl (C=O) groups excluding carboxylic acids is 1. The summed E-state index contributed by atoms with van der Waals surface area (Å²) in [4.78, 5) is 11.8. The summed E-state index contributed by atoms with van der Waals surface area (Å²) in [7, 11) is 0. The van der Waals surface area contributed by atoms with Crippen molar-refractivity contribution in [2.75, 3.05) is 0 Å². The molecule has 14 heavy (non-hydrogen) atoms. The predicted molar refractivity (Wildman–Crippen MR) is 57.6 cm³/mol. The summed E-state index contributed by atoms with van der Waals surface area (Å²) in [6.07, 6.45) is 2.12. The highest BCUT2D eigenvalue weighted by Crippen LogP contribution is 2.39. The van der Waals surface area contributed by atoms with Crippen LogP contribution in [0.2, 0.25) is 0 Å². The third kappa shape index (κ3) is 1.20. The van der Waals surface area contributed by atoms with Crippen LogP contribution in [0.3, 0.4) is 0 Å². The number of hydrogen-bond donors (Lipinski definition) is 0. The first kappa shape index (κ1) is 9.20. The molecule has 2 rings (SSSR count). The van der Waals surface area contributed by atoms with Gasteiger partial charge in [0.25, 0.3) is 0 Å². The summed E-state index contributed by atoms with van der Waals surface area (Å²) in [5, 5.41) is 0. The second kappa shape index (κ2) is 3.41. The van der Waals surface area contributed by atoms with Crippen LogP contribution in [0.4, 0.5) is 0 Å². The first-order valence-electron chi connectivity index (χ1n) is 5.08. The van der Waals surface area contributed by atoms with Crippen molar-refractivity contribution in [1.29, 1.82) is 0 Å². The van der Waals surface area contributed by atoms with Gasteiger partial charge in [0.05, 0.1) is 0 Å². The molecule has 0 N–H and O–H groups in total. The van der Waals surface area contributed by atoms with Crippen molar-refractivity contribution in [3.05, 3.63) is 47.5 Å². The minimum absolute atomic E-state index is 0.138. The minimum atomic E-state index is 0.138. The van der Waals surface area contributed by atoms with E-state index in [9.17, 15) is 4.79 Å². The maximum absolute atomic E-state index is 11.8. The van der Waals surface area contributed by atoms with Crippen molar-refractivity contribution in [2.24, 2.45) is 0 Å². The molecule has 72 valence electrons. The first-order valence-corrected chi connectivity index (χ1v) is 5.08. The van der Waals surface area contributed by atoms with E-state index >= 15 is 0 Å². The molecule has 0 bridgehead atoms. The molecule has 0 fully saturated rings. The quantitative estimate of drug-likeness (QED) is 0.647. The van der Waals surface area contributed by atoms with Gasteiger partial charge in [0.2, 0.25) is 0 Å². The maximum Gasteiger partial charge on any atom is 0.189 e. The van der Waals surface area contributed by atoms with Gasteiger partial charge in [0.15, 0.2) is 5.78 Å². The van der Waals surface area contributed by atoms with Gasteiger partial charge in [-0.2, -0.15) is 0 Å². The molecular weight excluding hydrogens is 172 g/mol. The Bertz CT molecular complexity index is 390. The van der Waals surface area contributed by atoms with Gasteiger partial charge < -0.3 is 0 Å². The monoisotopic (exact) mass is 186 g/mol. The molecule has 0 heterocycles. The molecule has 0 saturated heterocycles. The summed E-state index contributed by atoms with van der Waals surface area (Å²) in [5.41, 5.74) is 2.80. The molecule has 0 saturated carbocycles. The van der Waals surface area contributed by atoms with Gasteiger partial charge in [-0.05, 0) is 12.0 Å². The number of benzene rings is 1. The van der Waals surface area contributed by atoms with Crippen LogP contribution in [0.15, 0.2) is 36.4 Å². The molecule has 1 heteroatoms. The van der Waals surface area contributed by atoms with Crippen LogP contribution >= 0.6 is 0 Å². The second-order valence-electron chi connectivity index (χ2n) is 3.78. The maximum atomic E-state index is 11.8. The van der Waals surface area contributed by atoms with Crippen molar-refractivity contribution < 1.29 is 4.79 Å². The third-order valence-corrected chi connectivity index (χ3v) is 2.87. The van der Waals surface area contributed by atoms with E-state index in [0.717, 1.165) is 24.0 Å². The van der Waals surface area contributed by atoms with Gasteiger partial charge in [-0.25, -0.2) is 0 Å². The number of Topliss-reactive ketones (excluding diaryl/α,β-unsaturated/α-hetero) is 1. The molecule has 1 aliphatic carbocycles. The van der Waals surface area contributed by atoms with Crippen molar-refractivity contribution in [1.82, 2.24) is 0 Å². The van der Waals surface area contributed by atoms with Crippen LogP contribution in [-0.2, 0) is 0 Å². The number of hydrogen-bond acceptors (Lipinski definition) is 1. The van der Waals surface area contributed by atoms with E-state index in [1.165, 1.54) is 5.56 Å². The number of ketones is 1. The average molecular weight is 186 g/mol. The largest absolute Gasteiger partial charge is 0.289 e. The summed E-state index contributed by atoms with van der Waals surface area (Å²) < 4.78 is 0. The highest BCUT2D eigenvalue weighted by molar-refractivity contribution is 6.13. The highest BCUT2D eigenvalue weighted by Gasteiger charge is 2.31. The molecule has 1 aromatic carbocycles. The molecular formula is C13H14O. The summed E-state index contributed by atoms with van der Waals surface area (Å²) >= 11 is 0. The minimum Gasteiger partial charge on any atom is -0.289 e. The average Bonchev–Trinajstić information content (AvgIpc) is 2.45. The normalized spacial score (nSPS) is 19.9. The second-order valence-corrected chi connectivity index (χ2v) is 3.78. The van der Waals surface area contributed by atoms with Crippen LogP contribution in [0.1, 0.15) is 41.6 Å². The van der Waals surface area contributed by atoms with E-state index < -0.39 is 0 Å². The van der Waals surface area contributed by atoms with Gasteiger partial charge >= 0.3 is 0 Å². The lowest BCUT2D eigenvalue weighted by atomic mass is 9.94. The molecule has 0 spiro atoms. The van der Waals surface area contributed by atoms with Crippen LogP contribution in [0, 0.1) is 0 Å². The smallest absolute Gasteiger partial charge is 0.189 e. The summed E-state index contributed by atoms with van der Waals surface area (Å²) in [6, 6.07) is 7.86. The molecule has 1 aromatic rings. The lowest BCUT2D eigenvalue weighted by Gasteiger charge is -2.09. The van der Waals surface area contributed by atoms with Gasteiger partial charge in [0.1, 0.15) is 0 Å². The van der Waals surface area contributed by atoms with E-state index in [4.69, 9.17) is 0 Å². The Morgan fingerprint density at radius 2 is 2.07 bits per heavy atom. The summed E-state index contributed by atoms with van der Waals surface area (Å²) in [6.45, 7) is 6.04. The molecule has 1 unspecified atom stereocenters. The number of carbonyl (C=O) groups is 1. The number of rotatable bonds is 2. The molecule has 0 aliphatic heterocycles. The van der Waals surface area contributed by atoms with Crippen molar-refractivity contribution >= 4 is 5.78 Å². The molecule has 0 radical (unpaired) electrons. The Morgan fingerprint density at radius 1 is 1.36 bits per heavy atom. The Hall–Kier alpha value is -1.37. The zero-order valence-corrected chi connectivity index (χ0v) is 8.42. The molecule has 0 aromatic heterocycles. The standard InChI is InChI=1S/C13H14O/c1-3-6-10-9(2)13(14)12-8-5-4-7-11(10)12/h4-5,7-8,10H,2-3,6H2,1H3. The number of fused-ring (bicyclic) bond motifs is 1. The van der Waals surface area contributed by atoms with E-state index in [2.05, 4.69) is 13.5 Å². The van der Waals surface area contributed by atoms with E-state index in [0.29, 0.717) is 0 Å². The van der Waals surface area contributed by atoms with Gasteiger partial charge in [-0.3, -0.25) is 4.79 Å². The van der Waals surface area contributed by atoms with E-state index in [-0.39, 0.29) is 11.7 Å². The van der Waals surface area contributed by atoms with Crippen molar-refractivity contribution in [2.45, 2.75) is 25.7 Å². The fraction of sp³-hybridized carbons (Fsp3) is 0.308. The number of allylic oxidation sites excluding steroid dienone is 1. The Morgan fingerprint density at radius 3 is 2.79 bits per heavy atom. The highest BCUT2D eigenvalue weighted by atomic mass is 16.1. The lowest BCUT2D eigenvalue weighted by molar-refractivity contribution is 0.103. The zero-order chi connectivity index (χ0) is 10.1. The fourth-order valence-electron chi connectivity index (χ4n) is 2.14. The third-order valence-electron chi connectivity index (χ3n) is 2.87. The SMILES string of the molecule is C=C1C(=O)c2ccccc2C1CCC. The van der Waals surface area contributed by atoms with Crippen LogP contribution < -0.4 is 0 Å². The topological polar surface area (TPSA) is 17.1 Å². The first-order chi connectivity index (χ1) is 6.75. The van der Waals surface area contributed by atoms with E-state index in [1.54, 1.807) is 0 Å². The predicted octanol–water partition coefficient (Wildman–Crippen LogP) is 3.32. The fourth-order valence-corrected chi connectivity index (χ4v) is 2.14. The Balaban J connectivity index is 2.48. The van der Waals surface area contributed by atoms with Crippen LogP contribution in [0.25, 0.3) is 0 Å². The van der Waals surface area contributed by atoms with Crippen LogP contribution in [0.5, 0.6) is 0 Å². The molecule has 1 atom stereocenters. The molecule has 0 amide bonds.